The number of nitrogens with zero attached hydrogens (tertiary/aromatic N) is 4. The van der Waals surface area contributed by atoms with E-state index in [0.717, 1.165) is 11.8 Å². The summed E-state index contributed by atoms with van der Waals surface area (Å²) in [5, 5.41) is 37.9. The summed E-state index contributed by atoms with van der Waals surface area (Å²) >= 11 is 3.21. The quantitative estimate of drug-likeness (QED) is 0.145. The SMILES string of the molecule is COCCOC(=O)c1cc(Br)c(N=Nc2ccc(N(CCO)CCO)cc2)c([N+](=O)[O-])c1. The number of anilines is 1. The van der Waals surface area contributed by atoms with E-state index >= 15 is 0 Å². The molecule has 0 unspecified atom stereocenters. The molecule has 2 rings (SSSR count). The highest BCUT2D eigenvalue weighted by atomic mass is 79.9. The zero-order valence-corrected chi connectivity index (χ0v) is 18.9. The van der Waals surface area contributed by atoms with Gasteiger partial charge in [-0.2, -0.15) is 5.11 Å². The van der Waals surface area contributed by atoms with Crippen LogP contribution in [0.25, 0.3) is 0 Å². The molecular weight excluding hydrogens is 488 g/mol. The van der Waals surface area contributed by atoms with E-state index in [1.807, 2.05) is 0 Å². The number of benzene rings is 2. The number of hydrogen-bond donors (Lipinski definition) is 2. The molecule has 0 atom stereocenters. The number of hydrogen-bond acceptors (Lipinski definition) is 10. The zero-order chi connectivity index (χ0) is 23.5. The monoisotopic (exact) mass is 510 g/mol. The summed E-state index contributed by atoms with van der Waals surface area (Å²) in [6.07, 6.45) is 0. The smallest absolute Gasteiger partial charge is 0.338 e. The molecule has 0 heterocycles. The number of ether oxygens (including phenoxy) is 2. The predicted octanol–water partition coefficient (Wildman–Crippen LogP) is 3.37. The number of esters is 1. The summed E-state index contributed by atoms with van der Waals surface area (Å²) in [5.41, 5.74) is 0.752. The maximum Gasteiger partial charge on any atom is 0.338 e. The maximum atomic E-state index is 12.1. The van der Waals surface area contributed by atoms with Gasteiger partial charge in [0.05, 0.1) is 40.5 Å². The van der Waals surface area contributed by atoms with Crippen molar-refractivity contribution in [3.05, 3.63) is 56.5 Å². The Bertz CT molecular complexity index is 948. The highest BCUT2D eigenvalue weighted by Crippen LogP contribution is 2.38. The van der Waals surface area contributed by atoms with Crippen molar-refractivity contribution in [2.45, 2.75) is 0 Å². The molecule has 0 aromatic heterocycles. The predicted molar refractivity (Wildman–Crippen MR) is 120 cm³/mol. The minimum atomic E-state index is -0.722. The second-order valence-corrected chi connectivity index (χ2v) is 7.22. The Labute approximate surface area is 192 Å². The first-order valence-electron chi connectivity index (χ1n) is 9.53. The lowest BCUT2D eigenvalue weighted by Gasteiger charge is -2.22. The van der Waals surface area contributed by atoms with Crippen LogP contribution in [0.1, 0.15) is 10.4 Å². The van der Waals surface area contributed by atoms with Gasteiger partial charge in [-0.3, -0.25) is 10.1 Å². The molecule has 32 heavy (non-hydrogen) atoms. The highest BCUT2D eigenvalue weighted by Gasteiger charge is 2.22. The Hall–Kier alpha value is -2.93. The van der Waals surface area contributed by atoms with E-state index in [1.165, 1.54) is 13.2 Å². The fourth-order valence-corrected chi connectivity index (χ4v) is 3.22. The number of nitro benzene ring substituents is 1. The Kier molecular flexibility index (Phi) is 10.1. The summed E-state index contributed by atoms with van der Waals surface area (Å²) in [6, 6.07) is 9.24. The molecule has 0 bridgehead atoms. The van der Waals surface area contributed by atoms with Crippen LogP contribution in [0.4, 0.5) is 22.7 Å². The van der Waals surface area contributed by atoms with E-state index < -0.39 is 16.6 Å². The van der Waals surface area contributed by atoms with Crippen molar-refractivity contribution in [2.75, 3.05) is 51.5 Å². The summed E-state index contributed by atoms with van der Waals surface area (Å²) in [5.74, 6) is -0.722. The number of carbonyl (C=O) groups is 1. The minimum absolute atomic E-state index is 0.00385. The number of rotatable bonds is 12. The van der Waals surface area contributed by atoms with E-state index in [9.17, 15) is 14.9 Å². The van der Waals surface area contributed by atoms with E-state index in [1.54, 1.807) is 29.2 Å². The van der Waals surface area contributed by atoms with E-state index in [0.29, 0.717) is 18.8 Å². The van der Waals surface area contributed by atoms with E-state index in [-0.39, 0.29) is 42.2 Å². The van der Waals surface area contributed by atoms with Gasteiger partial charge < -0.3 is 24.6 Å². The second kappa shape index (κ2) is 12.8. The molecular formula is C20H23BrN4O7. The summed E-state index contributed by atoms with van der Waals surface area (Å²) in [7, 11) is 1.46. The number of aliphatic hydroxyl groups excluding tert-OH is 2. The number of nitro groups is 1. The minimum Gasteiger partial charge on any atom is -0.460 e. The van der Waals surface area contributed by atoms with Crippen molar-refractivity contribution >= 4 is 44.6 Å². The molecule has 0 saturated carbocycles. The van der Waals surface area contributed by atoms with Crippen LogP contribution in [-0.4, -0.2) is 67.7 Å². The molecule has 0 aliphatic rings. The van der Waals surface area contributed by atoms with Gasteiger partial charge in [-0.05, 0) is 46.3 Å². The second-order valence-electron chi connectivity index (χ2n) is 6.36. The fraction of sp³-hybridized carbons (Fsp3) is 0.350. The molecule has 0 fully saturated rings. The van der Waals surface area contributed by atoms with Gasteiger partial charge in [0.25, 0.3) is 5.69 Å². The lowest BCUT2D eigenvalue weighted by Crippen LogP contribution is -2.29. The molecule has 0 amide bonds. The van der Waals surface area contributed by atoms with Crippen LogP contribution in [0.5, 0.6) is 0 Å². The average molecular weight is 511 g/mol. The first-order chi connectivity index (χ1) is 15.4. The highest BCUT2D eigenvalue weighted by molar-refractivity contribution is 9.10. The lowest BCUT2D eigenvalue weighted by atomic mass is 10.2. The lowest BCUT2D eigenvalue weighted by molar-refractivity contribution is -0.384. The Morgan fingerprint density at radius 2 is 1.78 bits per heavy atom. The number of carbonyl (C=O) groups excluding carboxylic acids is 1. The third-order valence-corrected chi connectivity index (χ3v) is 4.82. The van der Waals surface area contributed by atoms with Crippen LogP contribution in [0.3, 0.4) is 0 Å². The van der Waals surface area contributed by atoms with Crippen molar-refractivity contribution in [1.82, 2.24) is 0 Å². The Balaban J connectivity index is 2.25. The molecule has 0 radical (unpaired) electrons. The average Bonchev–Trinajstić information content (AvgIpc) is 2.78. The molecule has 0 aliphatic carbocycles. The molecule has 2 aromatic carbocycles. The van der Waals surface area contributed by atoms with Crippen LogP contribution in [0.2, 0.25) is 0 Å². The van der Waals surface area contributed by atoms with Crippen molar-refractivity contribution in [2.24, 2.45) is 10.2 Å². The number of aliphatic hydroxyl groups is 2. The molecule has 2 N–H and O–H groups in total. The van der Waals surface area contributed by atoms with Gasteiger partial charge in [-0.15, -0.1) is 5.11 Å². The number of halogens is 1. The van der Waals surface area contributed by atoms with Gasteiger partial charge >= 0.3 is 5.97 Å². The Morgan fingerprint density at radius 3 is 2.34 bits per heavy atom. The first-order valence-corrected chi connectivity index (χ1v) is 10.3. The van der Waals surface area contributed by atoms with Crippen molar-refractivity contribution in [1.29, 1.82) is 0 Å². The molecule has 2 aromatic rings. The van der Waals surface area contributed by atoms with Gasteiger partial charge in [-0.1, -0.05) is 0 Å². The summed E-state index contributed by atoms with van der Waals surface area (Å²) in [6.45, 7) is 0.829. The van der Waals surface area contributed by atoms with E-state index in [2.05, 4.69) is 26.2 Å². The largest absolute Gasteiger partial charge is 0.460 e. The van der Waals surface area contributed by atoms with Gasteiger partial charge in [0.1, 0.15) is 6.61 Å². The number of methoxy groups -OCH3 is 1. The third kappa shape index (κ3) is 7.05. The normalized spacial score (nSPS) is 11.0. The molecule has 0 spiro atoms. The van der Waals surface area contributed by atoms with Gasteiger partial charge in [0.2, 0.25) is 0 Å². The molecule has 12 heteroatoms. The van der Waals surface area contributed by atoms with Crippen molar-refractivity contribution < 1.29 is 29.4 Å². The standard InChI is InChI=1S/C20H23BrN4O7/c1-31-10-11-32-20(28)14-12-17(21)19(18(13-14)25(29)30)23-22-15-2-4-16(5-3-15)24(6-8-26)7-9-27/h2-5,12-13,26-27H,6-11H2,1H3. The molecule has 172 valence electrons. The van der Waals surface area contributed by atoms with Crippen LogP contribution in [0.15, 0.2) is 51.1 Å². The number of azo groups is 1. The van der Waals surface area contributed by atoms with E-state index in [4.69, 9.17) is 19.7 Å². The van der Waals surface area contributed by atoms with Crippen LogP contribution >= 0.6 is 15.9 Å². The maximum absolute atomic E-state index is 12.1. The Morgan fingerprint density at radius 1 is 1.12 bits per heavy atom. The topological polar surface area (TPSA) is 147 Å². The third-order valence-electron chi connectivity index (χ3n) is 4.22. The summed E-state index contributed by atoms with van der Waals surface area (Å²) in [4.78, 5) is 24.8. The van der Waals surface area contributed by atoms with Crippen LogP contribution in [-0.2, 0) is 9.47 Å². The zero-order valence-electron chi connectivity index (χ0n) is 17.3. The van der Waals surface area contributed by atoms with Gasteiger partial charge in [0, 0.05) is 32.0 Å². The molecule has 0 aliphatic heterocycles. The molecule has 11 nitrogen and oxygen atoms in total. The summed E-state index contributed by atoms with van der Waals surface area (Å²) < 4.78 is 10.0. The van der Waals surface area contributed by atoms with Crippen molar-refractivity contribution in [3.8, 4) is 0 Å². The molecule has 0 saturated heterocycles. The van der Waals surface area contributed by atoms with Gasteiger partial charge in [0.15, 0.2) is 5.69 Å². The van der Waals surface area contributed by atoms with Crippen molar-refractivity contribution in [3.63, 3.8) is 0 Å². The van der Waals surface area contributed by atoms with Gasteiger partial charge in [-0.25, -0.2) is 4.79 Å². The van der Waals surface area contributed by atoms with Crippen LogP contribution < -0.4 is 4.90 Å². The fourth-order valence-electron chi connectivity index (χ4n) is 2.69. The van der Waals surface area contributed by atoms with Crippen LogP contribution in [0, 0.1) is 10.1 Å². The first kappa shape index (κ1) is 25.3.